The van der Waals surface area contributed by atoms with Gasteiger partial charge in [0.05, 0.1) is 0 Å². The van der Waals surface area contributed by atoms with Gasteiger partial charge in [0.1, 0.15) is 11.5 Å². The van der Waals surface area contributed by atoms with Crippen LogP contribution in [0.3, 0.4) is 0 Å². The van der Waals surface area contributed by atoms with Gasteiger partial charge in [-0.2, -0.15) is 0 Å². The summed E-state index contributed by atoms with van der Waals surface area (Å²) in [6.07, 6.45) is 6.79. The number of halogens is 1. The van der Waals surface area contributed by atoms with Gasteiger partial charge in [-0.15, -0.1) is 0 Å². The first-order valence-electron chi connectivity index (χ1n) is 5.64. The third kappa shape index (κ3) is 3.66. The number of carbonyl (C=O) groups excluding carboxylic acids is 1. The fourth-order valence-electron chi connectivity index (χ4n) is 1.49. The van der Waals surface area contributed by atoms with E-state index in [-0.39, 0.29) is 5.91 Å². The number of nitrogens with one attached hydrogen (secondary N) is 2. The summed E-state index contributed by atoms with van der Waals surface area (Å²) in [6, 6.07) is 3.48. The van der Waals surface area contributed by atoms with Crippen LogP contribution >= 0.6 is 15.9 Å². The summed E-state index contributed by atoms with van der Waals surface area (Å²) in [7, 11) is 0. The Hall–Kier alpha value is -1.69. The standard InChI is InChI=1S/C12H13BrN4O/c13-9-3-4-10(17-8-9)12(18)16-5-1-2-11-14-6-7-15-11/h3-4,6-8H,1-2,5H2,(H,14,15)(H,16,18). The molecular formula is C12H13BrN4O. The summed E-state index contributed by atoms with van der Waals surface area (Å²) < 4.78 is 0.858. The molecule has 5 nitrogen and oxygen atoms in total. The maximum atomic E-state index is 11.7. The minimum atomic E-state index is -0.151. The van der Waals surface area contributed by atoms with E-state index in [0.29, 0.717) is 12.2 Å². The Morgan fingerprint density at radius 2 is 2.28 bits per heavy atom. The van der Waals surface area contributed by atoms with Gasteiger partial charge in [-0.25, -0.2) is 9.97 Å². The molecule has 0 radical (unpaired) electrons. The lowest BCUT2D eigenvalue weighted by atomic mass is 10.3. The van der Waals surface area contributed by atoms with Crippen molar-refractivity contribution in [3.63, 3.8) is 0 Å². The Morgan fingerprint density at radius 3 is 2.94 bits per heavy atom. The zero-order valence-electron chi connectivity index (χ0n) is 9.69. The van der Waals surface area contributed by atoms with Crippen molar-refractivity contribution in [3.05, 3.63) is 46.7 Å². The zero-order valence-corrected chi connectivity index (χ0v) is 11.3. The maximum absolute atomic E-state index is 11.7. The van der Waals surface area contributed by atoms with E-state index in [1.165, 1.54) is 0 Å². The van der Waals surface area contributed by atoms with Crippen molar-refractivity contribution < 1.29 is 4.79 Å². The molecule has 0 unspecified atom stereocenters. The van der Waals surface area contributed by atoms with Crippen LogP contribution in [-0.4, -0.2) is 27.4 Å². The molecule has 0 aromatic carbocycles. The van der Waals surface area contributed by atoms with E-state index in [1.807, 2.05) is 0 Å². The Morgan fingerprint density at radius 1 is 1.39 bits per heavy atom. The minimum absolute atomic E-state index is 0.151. The lowest BCUT2D eigenvalue weighted by Crippen LogP contribution is -2.25. The Labute approximate surface area is 113 Å². The van der Waals surface area contributed by atoms with Gasteiger partial charge < -0.3 is 10.3 Å². The summed E-state index contributed by atoms with van der Waals surface area (Å²) >= 11 is 3.28. The van der Waals surface area contributed by atoms with E-state index in [0.717, 1.165) is 23.1 Å². The average molecular weight is 309 g/mol. The number of aryl methyl sites for hydroxylation is 1. The summed E-state index contributed by atoms with van der Waals surface area (Å²) in [5.74, 6) is 0.785. The monoisotopic (exact) mass is 308 g/mol. The van der Waals surface area contributed by atoms with Gasteiger partial charge in [0.2, 0.25) is 0 Å². The van der Waals surface area contributed by atoms with E-state index >= 15 is 0 Å². The molecule has 2 aromatic heterocycles. The summed E-state index contributed by atoms with van der Waals surface area (Å²) in [6.45, 7) is 0.608. The van der Waals surface area contributed by atoms with Crippen LogP contribution in [0.2, 0.25) is 0 Å². The van der Waals surface area contributed by atoms with Gasteiger partial charge in [-0.3, -0.25) is 4.79 Å². The number of hydrogen-bond acceptors (Lipinski definition) is 3. The lowest BCUT2D eigenvalue weighted by molar-refractivity contribution is 0.0948. The quantitative estimate of drug-likeness (QED) is 0.829. The van der Waals surface area contributed by atoms with Crippen molar-refractivity contribution in [1.82, 2.24) is 20.3 Å². The molecule has 0 saturated heterocycles. The number of aromatic nitrogens is 3. The molecule has 0 fully saturated rings. The highest BCUT2D eigenvalue weighted by Crippen LogP contribution is 2.07. The van der Waals surface area contributed by atoms with Gasteiger partial charge in [0, 0.05) is 36.0 Å². The van der Waals surface area contributed by atoms with E-state index < -0.39 is 0 Å². The summed E-state index contributed by atoms with van der Waals surface area (Å²) in [4.78, 5) is 22.9. The maximum Gasteiger partial charge on any atom is 0.269 e. The molecule has 0 saturated carbocycles. The second-order valence-corrected chi connectivity index (χ2v) is 4.67. The molecule has 2 heterocycles. The summed E-state index contributed by atoms with van der Waals surface area (Å²) in [5, 5.41) is 2.82. The third-order valence-corrected chi connectivity index (χ3v) is 2.86. The van der Waals surface area contributed by atoms with Crippen molar-refractivity contribution in [2.75, 3.05) is 6.54 Å². The second-order valence-electron chi connectivity index (χ2n) is 3.76. The van der Waals surface area contributed by atoms with Crippen LogP contribution in [-0.2, 0) is 6.42 Å². The van der Waals surface area contributed by atoms with Crippen molar-refractivity contribution >= 4 is 21.8 Å². The van der Waals surface area contributed by atoms with Crippen molar-refractivity contribution in [1.29, 1.82) is 0 Å². The van der Waals surface area contributed by atoms with Crippen LogP contribution in [0.1, 0.15) is 22.7 Å². The first-order valence-corrected chi connectivity index (χ1v) is 6.43. The number of imidazole rings is 1. The number of nitrogens with zero attached hydrogens (tertiary/aromatic N) is 2. The smallest absolute Gasteiger partial charge is 0.269 e. The molecule has 0 aliphatic carbocycles. The molecule has 0 atom stereocenters. The highest BCUT2D eigenvalue weighted by Gasteiger charge is 2.05. The van der Waals surface area contributed by atoms with E-state index in [4.69, 9.17) is 0 Å². The number of aromatic amines is 1. The Bertz CT molecular complexity index is 495. The van der Waals surface area contributed by atoms with E-state index in [2.05, 4.69) is 36.2 Å². The minimum Gasteiger partial charge on any atom is -0.351 e. The molecule has 18 heavy (non-hydrogen) atoms. The highest BCUT2D eigenvalue weighted by molar-refractivity contribution is 9.10. The molecule has 0 aliphatic heterocycles. The van der Waals surface area contributed by atoms with Crippen LogP contribution < -0.4 is 5.32 Å². The topological polar surface area (TPSA) is 70.7 Å². The normalized spacial score (nSPS) is 10.3. The number of H-pyrrole nitrogens is 1. The van der Waals surface area contributed by atoms with Gasteiger partial charge in [-0.05, 0) is 34.5 Å². The number of pyridine rings is 1. The van der Waals surface area contributed by atoms with Crippen LogP contribution in [0.4, 0.5) is 0 Å². The molecule has 0 aliphatic rings. The second kappa shape index (κ2) is 6.30. The number of amides is 1. The molecule has 94 valence electrons. The third-order valence-electron chi connectivity index (χ3n) is 2.39. The molecule has 6 heteroatoms. The predicted molar refractivity (Wildman–Crippen MR) is 71.2 cm³/mol. The van der Waals surface area contributed by atoms with Gasteiger partial charge >= 0.3 is 0 Å². The molecule has 2 aromatic rings. The highest BCUT2D eigenvalue weighted by atomic mass is 79.9. The molecule has 0 bridgehead atoms. The summed E-state index contributed by atoms with van der Waals surface area (Å²) in [5.41, 5.74) is 0.427. The fourth-order valence-corrected chi connectivity index (χ4v) is 1.73. The van der Waals surface area contributed by atoms with Crippen molar-refractivity contribution in [3.8, 4) is 0 Å². The van der Waals surface area contributed by atoms with Crippen LogP contribution in [0.15, 0.2) is 35.2 Å². The number of hydrogen-bond donors (Lipinski definition) is 2. The van der Waals surface area contributed by atoms with E-state index in [9.17, 15) is 4.79 Å². The Kier molecular flexibility index (Phi) is 4.46. The fraction of sp³-hybridized carbons (Fsp3) is 0.250. The zero-order chi connectivity index (χ0) is 12.8. The SMILES string of the molecule is O=C(NCCCc1ncc[nH]1)c1ccc(Br)cn1. The van der Waals surface area contributed by atoms with E-state index in [1.54, 1.807) is 30.7 Å². The molecule has 1 amide bonds. The largest absolute Gasteiger partial charge is 0.351 e. The van der Waals surface area contributed by atoms with Gasteiger partial charge in [-0.1, -0.05) is 0 Å². The molecule has 2 rings (SSSR count). The lowest BCUT2D eigenvalue weighted by Gasteiger charge is -2.03. The molecule has 2 N–H and O–H groups in total. The number of rotatable bonds is 5. The van der Waals surface area contributed by atoms with Gasteiger partial charge in [0.25, 0.3) is 5.91 Å². The number of carbonyl (C=O) groups is 1. The van der Waals surface area contributed by atoms with Crippen molar-refractivity contribution in [2.45, 2.75) is 12.8 Å². The predicted octanol–water partition coefficient (Wildman–Crippen LogP) is 1.93. The van der Waals surface area contributed by atoms with Crippen LogP contribution in [0.25, 0.3) is 0 Å². The first kappa shape index (κ1) is 12.8. The van der Waals surface area contributed by atoms with Crippen LogP contribution in [0.5, 0.6) is 0 Å². The molecular weight excluding hydrogens is 296 g/mol. The Balaban J connectivity index is 1.73. The average Bonchev–Trinajstić information content (AvgIpc) is 2.88. The van der Waals surface area contributed by atoms with Crippen LogP contribution in [0, 0.1) is 0 Å². The van der Waals surface area contributed by atoms with Crippen molar-refractivity contribution in [2.24, 2.45) is 0 Å². The van der Waals surface area contributed by atoms with Gasteiger partial charge in [0.15, 0.2) is 0 Å². The first-order chi connectivity index (χ1) is 8.75. The molecule has 0 spiro atoms.